The fourth-order valence-electron chi connectivity index (χ4n) is 3.25. The minimum Gasteiger partial charge on any atom is -0.488 e. The van der Waals surface area contributed by atoms with Crippen LogP contribution in [0, 0.1) is 5.41 Å². The molecular formula is C17H20ClNO4. The summed E-state index contributed by atoms with van der Waals surface area (Å²) in [6.07, 6.45) is 2.87. The first-order valence-corrected chi connectivity index (χ1v) is 8.30. The Kier molecular flexibility index (Phi) is 4.48. The molecule has 3 rings (SSSR count). The van der Waals surface area contributed by atoms with E-state index in [0.29, 0.717) is 36.7 Å². The van der Waals surface area contributed by atoms with Crippen LogP contribution in [0.1, 0.15) is 32.1 Å². The van der Waals surface area contributed by atoms with E-state index in [1.165, 1.54) is 0 Å². The van der Waals surface area contributed by atoms with Gasteiger partial charge < -0.3 is 14.7 Å². The van der Waals surface area contributed by atoms with Gasteiger partial charge in [-0.25, -0.2) is 0 Å². The maximum atomic E-state index is 12.4. The monoisotopic (exact) mass is 337 g/mol. The van der Waals surface area contributed by atoms with Gasteiger partial charge in [0.15, 0.2) is 0 Å². The van der Waals surface area contributed by atoms with Gasteiger partial charge in [-0.3, -0.25) is 9.59 Å². The number of carboxylic acids is 1. The summed E-state index contributed by atoms with van der Waals surface area (Å²) in [7, 11) is 0. The summed E-state index contributed by atoms with van der Waals surface area (Å²) < 4.78 is 5.86. The van der Waals surface area contributed by atoms with Crippen molar-refractivity contribution in [1.82, 2.24) is 4.90 Å². The molecule has 1 aromatic rings. The van der Waals surface area contributed by atoms with Gasteiger partial charge in [-0.1, -0.05) is 24.1 Å². The van der Waals surface area contributed by atoms with Gasteiger partial charge in [-0.2, -0.15) is 0 Å². The van der Waals surface area contributed by atoms with Crippen molar-refractivity contribution < 1.29 is 19.4 Å². The van der Waals surface area contributed by atoms with Crippen LogP contribution in [0.5, 0.6) is 5.75 Å². The second-order valence-corrected chi connectivity index (χ2v) is 6.88. The summed E-state index contributed by atoms with van der Waals surface area (Å²) in [4.78, 5) is 25.5. The van der Waals surface area contributed by atoms with Crippen molar-refractivity contribution in [2.45, 2.75) is 38.2 Å². The Balaban J connectivity index is 1.55. The Morgan fingerprint density at radius 2 is 2.17 bits per heavy atom. The molecule has 23 heavy (non-hydrogen) atoms. The minimum absolute atomic E-state index is 0.0698. The SMILES string of the molecule is O=C(CC1(C(=O)O)CCC1)N1CCC(Oc2cccc(Cl)c2)C1. The molecule has 2 fully saturated rings. The number of benzene rings is 1. The predicted octanol–water partition coefficient (Wildman–Crippen LogP) is 2.96. The molecule has 0 aromatic heterocycles. The summed E-state index contributed by atoms with van der Waals surface area (Å²) in [5.74, 6) is -0.231. The number of hydrogen-bond acceptors (Lipinski definition) is 3. The normalized spacial score (nSPS) is 22.5. The van der Waals surface area contributed by atoms with Crippen molar-refractivity contribution >= 4 is 23.5 Å². The molecule has 1 atom stereocenters. The largest absolute Gasteiger partial charge is 0.488 e. The van der Waals surface area contributed by atoms with Gasteiger partial charge >= 0.3 is 5.97 Å². The number of nitrogens with zero attached hydrogens (tertiary/aromatic N) is 1. The Morgan fingerprint density at radius 1 is 1.39 bits per heavy atom. The lowest BCUT2D eigenvalue weighted by molar-refractivity contribution is -0.159. The number of amides is 1. The van der Waals surface area contributed by atoms with Gasteiger partial charge in [0.2, 0.25) is 5.91 Å². The summed E-state index contributed by atoms with van der Waals surface area (Å²) in [6.45, 7) is 1.11. The lowest BCUT2D eigenvalue weighted by Crippen LogP contribution is -2.43. The highest BCUT2D eigenvalue weighted by Gasteiger charge is 2.47. The highest BCUT2D eigenvalue weighted by Crippen LogP contribution is 2.44. The second-order valence-electron chi connectivity index (χ2n) is 6.44. The number of carboxylic acid groups (broad SMARTS) is 1. The van der Waals surface area contributed by atoms with E-state index in [1.54, 1.807) is 17.0 Å². The molecule has 1 N–H and O–H groups in total. The van der Waals surface area contributed by atoms with Gasteiger partial charge in [0.1, 0.15) is 11.9 Å². The third-order valence-corrected chi connectivity index (χ3v) is 5.09. The van der Waals surface area contributed by atoms with Crippen LogP contribution in [-0.2, 0) is 9.59 Å². The van der Waals surface area contributed by atoms with Crippen LogP contribution in [0.25, 0.3) is 0 Å². The van der Waals surface area contributed by atoms with Crippen LogP contribution in [0.4, 0.5) is 0 Å². The Labute approximate surface area is 140 Å². The van der Waals surface area contributed by atoms with E-state index in [-0.39, 0.29) is 18.4 Å². The smallest absolute Gasteiger partial charge is 0.310 e. The molecule has 1 saturated heterocycles. The summed E-state index contributed by atoms with van der Waals surface area (Å²) >= 11 is 5.93. The lowest BCUT2D eigenvalue weighted by atomic mass is 9.66. The maximum Gasteiger partial charge on any atom is 0.310 e. The molecule has 0 bridgehead atoms. The van der Waals surface area contributed by atoms with Gasteiger partial charge in [0, 0.05) is 24.4 Å². The molecule has 124 valence electrons. The number of likely N-dealkylation sites (tertiary alicyclic amines) is 1. The van der Waals surface area contributed by atoms with Crippen molar-refractivity contribution in [3.05, 3.63) is 29.3 Å². The molecule has 0 spiro atoms. The van der Waals surface area contributed by atoms with Crippen molar-refractivity contribution in [3.63, 3.8) is 0 Å². The zero-order chi connectivity index (χ0) is 16.4. The van der Waals surface area contributed by atoms with Crippen LogP contribution in [-0.4, -0.2) is 41.1 Å². The number of aliphatic carboxylic acids is 1. The molecule has 5 nitrogen and oxygen atoms in total. The van der Waals surface area contributed by atoms with Crippen molar-refractivity contribution in [1.29, 1.82) is 0 Å². The number of ether oxygens (including phenoxy) is 1. The van der Waals surface area contributed by atoms with E-state index in [0.717, 1.165) is 12.8 Å². The molecule has 1 aliphatic carbocycles. The summed E-state index contributed by atoms with van der Waals surface area (Å²) in [6, 6.07) is 7.19. The molecule has 1 aromatic carbocycles. The standard InChI is InChI=1S/C17H20ClNO4/c18-12-3-1-4-13(9-12)23-14-5-8-19(11-14)15(20)10-17(16(21)22)6-2-7-17/h1,3-4,9,14H,2,5-8,10-11H2,(H,21,22). The first-order valence-electron chi connectivity index (χ1n) is 7.92. The fraction of sp³-hybridized carbons (Fsp3) is 0.529. The molecule has 6 heteroatoms. The molecule has 0 radical (unpaired) electrons. The number of hydrogen-bond donors (Lipinski definition) is 1. The first-order chi connectivity index (χ1) is 11.0. The third-order valence-electron chi connectivity index (χ3n) is 4.85. The van der Waals surface area contributed by atoms with Crippen LogP contribution < -0.4 is 4.74 Å². The Bertz CT molecular complexity index is 614. The van der Waals surface area contributed by atoms with Crippen LogP contribution in [0.3, 0.4) is 0 Å². The molecule has 1 saturated carbocycles. The zero-order valence-electron chi connectivity index (χ0n) is 12.8. The van der Waals surface area contributed by atoms with Gasteiger partial charge in [0.05, 0.1) is 12.0 Å². The van der Waals surface area contributed by atoms with Crippen molar-refractivity contribution in [2.24, 2.45) is 5.41 Å². The molecule has 1 unspecified atom stereocenters. The lowest BCUT2D eigenvalue weighted by Gasteiger charge is -2.37. The van der Waals surface area contributed by atoms with Crippen molar-refractivity contribution in [2.75, 3.05) is 13.1 Å². The average molecular weight is 338 g/mol. The summed E-state index contributed by atoms with van der Waals surface area (Å²) in [5, 5.41) is 9.95. The van der Waals surface area contributed by atoms with Gasteiger partial charge in [-0.15, -0.1) is 0 Å². The van der Waals surface area contributed by atoms with Crippen molar-refractivity contribution in [3.8, 4) is 5.75 Å². The van der Waals surface area contributed by atoms with Gasteiger partial charge in [-0.05, 0) is 31.0 Å². The molecule has 1 aliphatic heterocycles. The van der Waals surface area contributed by atoms with Crippen LogP contribution >= 0.6 is 11.6 Å². The maximum absolute atomic E-state index is 12.4. The number of carbonyl (C=O) groups is 2. The number of halogens is 1. The highest BCUT2D eigenvalue weighted by molar-refractivity contribution is 6.30. The molecule has 1 heterocycles. The first kappa shape index (κ1) is 16.1. The van der Waals surface area contributed by atoms with Crippen LogP contribution in [0.15, 0.2) is 24.3 Å². The van der Waals surface area contributed by atoms with E-state index in [4.69, 9.17) is 16.3 Å². The number of rotatable bonds is 5. The van der Waals surface area contributed by atoms with E-state index in [9.17, 15) is 14.7 Å². The Hall–Kier alpha value is -1.75. The van der Waals surface area contributed by atoms with E-state index < -0.39 is 11.4 Å². The molecular weight excluding hydrogens is 318 g/mol. The molecule has 2 aliphatic rings. The summed E-state index contributed by atoms with van der Waals surface area (Å²) in [5.41, 5.74) is -0.830. The highest BCUT2D eigenvalue weighted by atomic mass is 35.5. The van der Waals surface area contributed by atoms with E-state index in [2.05, 4.69) is 0 Å². The number of carbonyl (C=O) groups excluding carboxylic acids is 1. The zero-order valence-corrected chi connectivity index (χ0v) is 13.6. The van der Waals surface area contributed by atoms with Gasteiger partial charge in [0.25, 0.3) is 0 Å². The molecule has 1 amide bonds. The van der Waals surface area contributed by atoms with E-state index in [1.807, 2.05) is 12.1 Å². The minimum atomic E-state index is -0.844. The quantitative estimate of drug-likeness (QED) is 0.897. The third kappa shape index (κ3) is 3.44. The van der Waals surface area contributed by atoms with Crippen LogP contribution in [0.2, 0.25) is 5.02 Å². The van der Waals surface area contributed by atoms with E-state index >= 15 is 0 Å². The average Bonchev–Trinajstić information content (AvgIpc) is 2.91. The Morgan fingerprint density at radius 3 is 2.78 bits per heavy atom. The second kappa shape index (κ2) is 6.40. The fourth-order valence-corrected chi connectivity index (χ4v) is 3.44. The topological polar surface area (TPSA) is 66.8 Å². The predicted molar refractivity (Wildman–Crippen MR) is 85.6 cm³/mol.